The SMILES string of the molecule is CC(C)[C@@H]1NC(=O)[C@@H](Cc2ccccc2)NC(=O)[C@@H]2CCCN2C(=O)[C@@H](CC(N)=O)NC(=O)[C@H](C(C)C)NC(=O)[C@@H]2CCCN2C(=O)[C@H](C(C)C)NC1=O. The van der Waals surface area contributed by atoms with Crippen molar-refractivity contribution in [1.29, 1.82) is 0 Å². The lowest BCUT2D eigenvalue weighted by Crippen LogP contribution is -2.61. The van der Waals surface area contributed by atoms with E-state index in [4.69, 9.17) is 5.73 Å². The minimum Gasteiger partial charge on any atom is -0.370 e. The Morgan fingerprint density at radius 1 is 0.611 bits per heavy atom. The summed E-state index contributed by atoms with van der Waals surface area (Å²) in [6.45, 7) is 10.8. The van der Waals surface area contributed by atoms with Gasteiger partial charge in [0.1, 0.15) is 42.3 Å². The zero-order valence-corrected chi connectivity index (χ0v) is 32.1. The number of carbonyl (C=O) groups is 8. The van der Waals surface area contributed by atoms with E-state index in [-0.39, 0.29) is 25.9 Å². The van der Waals surface area contributed by atoms with Crippen molar-refractivity contribution in [1.82, 2.24) is 36.4 Å². The van der Waals surface area contributed by atoms with Crippen LogP contribution in [0.2, 0.25) is 0 Å². The van der Waals surface area contributed by atoms with Gasteiger partial charge in [-0.3, -0.25) is 38.4 Å². The van der Waals surface area contributed by atoms with Crippen LogP contribution >= 0.6 is 0 Å². The molecule has 0 spiro atoms. The van der Waals surface area contributed by atoms with Crippen LogP contribution in [0.3, 0.4) is 0 Å². The van der Waals surface area contributed by atoms with E-state index >= 15 is 0 Å². The highest BCUT2D eigenvalue weighted by Gasteiger charge is 2.43. The lowest BCUT2D eigenvalue weighted by atomic mass is 9.98. The number of rotatable bonds is 7. The molecular weight excluding hydrogens is 696 g/mol. The van der Waals surface area contributed by atoms with E-state index in [9.17, 15) is 38.4 Å². The highest BCUT2D eigenvalue weighted by atomic mass is 16.2. The van der Waals surface area contributed by atoms with Crippen LogP contribution in [0.15, 0.2) is 30.3 Å². The van der Waals surface area contributed by atoms with Gasteiger partial charge in [0.2, 0.25) is 47.3 Å². The molecule has 1 aromatic carbocycles. The Kier molecular flexibility index (Phi) is 14.2. The molecule has 3 heterocycles. The van der Waals surface area contributed by atoms with E-state index in [0.717, 1.165) is 5.56 Å². The quantitative estimate of drug-likeness (QED) is 0.212. The minimum absolute atomic E-state index is 0.0624. The number of primary amides is 1. The maximum Gasteiger partial charge on any atom is 0.246 e. The Morgan fingerprint density at radius 3 is 1.57 bits per heavy atom. The van der Waals surface area contributed by atoms with Crippen LogP contribution in [0.1, 0.15) is 79.2 Å². The Labute approximate surface area is 316 Å². The third-order valence-corrected chi connectivity index (χ3v) is 10.3. The van der Waals surface area contributed by atoms with E-state index in [1.807, 2.05) is 6.07 Å². The summed E-state index contributed by atoms with van der Waals surface area (Å²) in [5.41, 5.74) is 6.24. The van der Waals surface area contributed by atoms with E-state index < -0.39 is 114 Å². The fourth-order valence-corrected chi connectivity index (χ4v) is 7.30. The van der Waals surface area contributed by atoms with Crippen LogP contribution in [0.25, 0.3) is 0 Å². The fourth-order valence-electron chi connectivity index (χ4n) is 7.30. The molecule has 7 N–H and O–H groups in total. The molecular formula is C38H56N8O8. The number of benzene rings is 1. The van der Waals surface area contributed by atoms with Crippen LogP contribution in [0.4, 0.5) is 0 Å². The third-order valence-electron chi connectivity index (χ3n) is 10.3. The van der Waals surface area contributed by atoms with Crippen molar-refractivity contribution in [2.45, 2.75) is 122 Å². The van der Waals surface area contributed by atoms with Crippen molar-refractivity contribution in [3.63, 3.8) is 0 Å². The summed E-state index contributed by atoms with van der Waals surface area (Å²) in [6, 6.07) is 1.08. The van der Waals surface area contributed by atoms with Gasteiger partial charge in [0.25, 0.3) is 0 Å². The van der Waals surface area contributed by atoms with E-state index in [1.165, 1.54) is 9.80 Å². The van der Waals surface area contributed by atoms with Gasteiger partial charge in [-0.05, 0) is 49.0 Å². The minimum atomic E-state index is -1.45. The number of nitrogens with zero attached hydrogens (tertiary/aromatic N) is 2. The standard InChI is InChI=1S/C38H56N8O8/c1-20(2)29-35(51)41-25(19-28(39)47)37(53)45-16-10-14-26(45)33(49)40-24(18-23-12-8-7-9-13-23)32(48)42-30(21(3)4)36(52)44-31(22(5)6)38(54)46-17-11-15-27(46)34(50)43-29/h7-9,12-13,20-22,24-27,29-31H,10-11,14-19H2,1-6H3,(H2,39,47)(H,40,49)(H,41,51)(H,42,48)(H,43,50)(H,44,52)/t24-,25-,26+,27+,29+,30+,31+/m1/s1. The molecule has 3 aliphatic rings. The van der Waals surface area contributed by atoms with Crippen LogP contribution in [-0.2, 0) is 44.8 Å². The van der Waals surface area contributed by atoms with Crippen molar-refractivity contribution in [2.24, 2.45) is 23.5 Å². The highest BCUT2D eigenvalue weighted by Crippen LogP contribution is 2.23. The van der Waals surface area contributed by atoms with E-state index in [0.29, 0.717) is 19.3 Å². The molecule has 0 unspecified atom stereocenters. The zero-order valence-electron chi connectivity index (χ0n) is 32.1. The lowest BCUT2D eigenvalue weighted by molar-refractivity contribution is -0.144. The third kappa shape index (κ3) is 10.1. The first kappa shape index (κ1) is 41.7. The van der Waals surface area contributed by atoms with E-state index in [2.05, 4.69) is 26.6 Å². The summed E-state index contributed by atoms with van der Waals surface area (Å²) in [5, 5.41) is 13.8. The first-order valence-corrected chi connectivity index (χ1v) is 18.9. The molecule has 0 saturated carbocycles. The van der Waals surface area contributed by atoms with Crippen molar-refractivity contribution in [3.8, 4) is 0 Å². The van der Waals surface area contributed by atoms with Gasteiger partial charge in [-0.1, -0.05) is 71.9 Å². The fraction of sp³-hybridized carbons (Fsp3) is 0.632. The predicted octanol–water partition coefficient (Wildman–Crippen LogP) is -0.508. The van der Waals surface area contributed by atoms with Gasteiger partial charge >= 0.3 is 0 Å². The molecule has 0 aromatic heterocycles. The number of carbonyl (C=O) groups excluding carboxylic acids is 8. The topological polar surface area (TPSA) is 229 Å². The summed E-state index contributed by atoms with van der Waals surface area (Å²) >= 11 is 0. The smallest absolute Gasteiger partial charge is 0.246 e. The van der Waals surface area contributed by atoms with Gasteiger partial charge in [-0.2, -0.15) is 0 Å². The summed E-state index contributed by atoms with van der Waals surface area (Å²) < 4.78 is 0. The maximum atomic E-state index is 14.1. The molecule has 296 valence electrons. The van der Waals surface area contributed by atoms with Gasteiger partial charge in [0.15, 0.2) is 0 Å². The van der Waals surface area contributed by atoms with Gasteiger partial charge in [-0.25, -0.2) is 0 Å². The molecule has 3 saturated heterocycles. The van der Waals surface area contributed by atoms with Gasteiger partial charge < -0.3 is 42.1 Å². The van der Waals surface area contributed by atoms with Gasteiger partial charge in [-0.15, -0.1) is 0 Å². The van der Waals surface area contributed by atoms with Crippen molar-refractivity contribution in [3.05, 3.63) is 35.9 Å². The second-order valence-electron chi connectivity index (χ2n) is 15.6. The summed E-state index contributed by atoms with van der Waals surface area (Å²) in [5.74, 6) is -6.58. The second kappa shape index (κ2) is 18.3. The van der Waals surface area contributed by atoms with Gasteiger partial charge in [0, 0.05) is 19.5 Å². The Bertz CT molecular complexity index is 1580. The number of hydrogen-bond donors (Lipinski definition) is 6. The molecule has 0 radical (unpaired) electrons. The zero-order chi connectivity index (χ0) is 39.9. The number of amides is 8. The number of nitrogens with one attached hydrogen (secondary N) is 5. The summed E-state index contributed by atoms with van der Waals surface area (Å²) in [6.07, 6.45) is 1.01. The molecule has 54 heavy (non-hydrogen) atoms. The van der Waals surface area contributed by atoms with Crippen molar-refractivity contribution < 1.29 is 38.4 Å². The van der Waals surface area contributed by atoms with Crippen LogP contribution in [0, 0.1) is 17.8 Å². The number of fused-ring (bicyclic) bond motifs is 2. The molecule has 4 rings (SSSR count). The molecule has 3 aliphatic heterocycles. The molecule has 3 fully saturated rings. The molecule has 0 bridgehead atoms. The average Bonchev–Trinajstić information content (AvgIpc) is 3.81. The Balaban J connectivity index is 1.77. The molecule has 16 nitrogen and oxygen atoms in total. The Morgan fingerprint density at radius 2 is 1.06 bits per heavy atom. The first-order valence-electron chi connectivity index (χ1n) is 18.9. The average molecular weight is 753 g/mol. The van der Waals surface area contributed by atoms with E-state index in [1.54, 1.807) is 65.8 Å². The predicted molar refractivity (Wildman–Crippen MR) is 198 cm³/mol. The molecule has 1 aromatic rings. The van der Waals surface area contributed by atoms with Crippen molar-refractivity contribution in [2.75, 3.05) is 13.1 Å². The van der Waals surface area contributed by atoms with Crippen LogP contribution < -0.4 is 32.3 Å². The molecule has 7 atom stereocenters. The molecule has 0 aliphatic carbocycles. The maximum absolute atomic E-state index is 14.1. The summed E-state index contributed by atoms with van der Waals surface area (Å²) in [4.78, 5) is 113. The van der Waals surface area contributed by atoms with Gasteiger partial charge in [0.05, 0.1) is 6.42 Å². The van der Waals surface area contributed by atoms with Crippen LogP contribution in [-0.4, -0.2) is 112 Å². The second-order valence-corrected chi connectivity index (χ2v) is 15.6. The largest absolute Gasteiger partial charge is 0.370 e. The lowest BCUT2D eigenvalue weighted by Gasteiger charge is -2.33. The molecule has 16 heteroatoms. The first-order chi connectivity index (χ1) is 25.5. The highest BCUT2D eigenvalue weighted by molar-refractivity contribution is 6.00. The monoisotopic (exact) mass is 752 g/mol. The Hall–Kier alpha value is -5.02. The molecule has 8 amide bonds. The number of hydrogen-bond acceptors (Lipinski definition) is 8. The summed E-state index contributed by atoms with van der Waals surface area (Å²) in [7, 11) is 0. The van der Waals surface area contributed by atoms with Crippen LogP contribution in [0.5, 0.6) is 0 Å². The number of nitrogens with two attached hydrogens (primary N) is 1. The normalized spacial score (nSPS) is 28.2. The van der Waals surface area contributed by atoms with Crippen molar-refractivity contribution >= 4 is 47.3 Å².